The molecule has 1 N–H and O–H groups in total. The number of benzene rings is 2. The number of ether oxygens (including phenoxy) is 1. The average Bonchev–Trinajstić information content (AvgIpc) is 2.99. The topological polar surface area (TPSA) is 64.1 Å². The predicted molar refractivity (Wildman–Crippen MR) is 91.9 cm³/mol. The first-order valence-corrected chi connectivity index (χ1v) is 7.98. The molecule has 0 fully saturated rings. The minimum Gasteiger partial charge on any atom is -0.478 e. The van der Waals surface area contributed by atoms with Crippen molar-refractivity contribution in [3.05, 3.63) is 48.0 Å². The molecule has 0 unspecified atom stereocenters. The highest BCUT2D eigenvalue weighted by Gasteiger charge is 2.31. The van der Waals surface area contributed by atoms with Gasteiger partial charge in [-0.3, -0.25) is 4.79 Å². The summed E-state index contributed by atoms with van der Waals surface area (Å²) in [6, 6.07) is 13.1. The van der Waals surface area contributed by atoms with Crippen LogP contribution in [0.3, 0.4) is 0 Å². The summed E-state index contributed by atoms with van der Waals surface area (Å²) in [6.07, 6.45) is 0. The molecule has 6 heteroatoms. The van der Waals surface area contributed by atoms with Crippen molar-refractivity contribution in [2.75, 3.05) is 5.32 Å². The van der Waals surface area contributed by atoms with E-state index in [1.54, 1.807) is 13.8 Å². The van der Waals surface area contributed by atoms with Crippen LogP contribution in [0, 0.1) is 6.92 Å². The number of amides is 1. The Morgan fingerprint density at radius 2 is 1.87 bits per heavy atom. The van der Waals surface area contributed by atoms with E-state index in [9.17, 15) is 4.79 Å². The van der Waals surface area contributed by atoms with Gasteiger partial charge in [-0.05, 0) is 44.5 Å². The summed E-state index contributed by atoms with van der Waals surface area (Å²) in [7, 11) is 0. The van der Waals surface area contributed by atoms with Crippen LogP contribution >= 0.6 is 11.7 Å². The van der Waals surface area contributed by atoms with Gasteiger partial charge in [0.2, 0.25) is 0 Å². The monoisotopic (exact) mass is 327 g/mol. The smallest absolute Gasteiger partial charge is 0.268 e. The molecule has 0 spiro atoms. The van der Waals surface area contributed by atoms with Crippen molar-refractivity contribution in [2.45, 2.75) is 26.4 Å². The van der Waals surface area contributed by atoms with Crippen molar-refractivity contribution in [1.82, 2.24) is 8.75 Å². The van der Waals surface area contributed by atoms with Gasteiger partial charge in [-0.15, -0.1) is 0 Å². The third-order valence-electron chi connectivity index (χ3n) is 3.54. The zero-order valence-corrected chi connectivity index (χ0v) is 14.0. The maximum atomic E-state index is 12.7. The molecule has 2 aromatic carbocycles. The molecular formula is C17H17N3O2S. The zero-order chi connectivity index (χ0) is 16.4. The molecule has 0 bridgehead atoms. The van der Waals surface area contributed by atoms with Gasteiger partial charge in [0, 0.05) is 0 Å². The fraction of sp³-hybridized carbons (Fsp3) is 0.235. The minimum atomic E-state index is -1.01. The zero-order valence-electron chi connectivity index (χ0n) is 13.2. The molecule has 0 radical (unpaired) electrons. The number of hydrogen-bond donors (Lipinski definition) is 1. The number of anilines is 1. The second-order valence-electron chi connectivity index (χ2n) is 5.77. The second-order valence-corrected chi connectivity index (χ2v) is 6.30. The fourth-order valence-corrected chi connectivity index (χ4v) is 2.75. The molecule has 0 saturated heterocycles. The Labute approximate surface area is 138 Å². The lowest BCUT2D eigenvalue weighted by molar-refractivity contribution is -0.128. The Balaban J connectivity index is 1.85. The Bertz CT molecular complexity index is 843. The van der Waals surface area contributed by atoms with Crippen molar-refractivity contribution in [1.29, 1.82) is 0 Å². The maximum absolute atomic E-state index is 12.7. The number of nitrogens with one attached hydrogen (secondary N) is 1. The molecule has 0 aliphatic rings. The van der Waals surface area contributed by atoms with Gasteiger partial charge in [0.25, 0.3) is 5.91 Å². The van der Waals surface area contributed by atoms with Crippen LogP contribution in [0.1, 0.15) is 19.4 Å². The van der Waals surface area contributed by atoms with E-state index in [4.69, 9.17) is 4.74 Å². The highest BCUT2D eigenvalue weighted by Crippen LogP contribution is 2.27. The average molecular weight is 327 g/mol. The Hall–Kier alpha value is -2.47. The van der Waals surface area contributed by atoms with Crippen molar-refractivity contribution >= 4 is 34.4 Å². The molecule has 1 amide bonds. The maximum Gasteiger partial charge on any atom is 0.268 e. The number of hydrogen-bond acceptors (Lipinski definition) is 5. The Morgan fingerprint density at radius 3 is 2.61 bits per heavy atom. The summed E-state index contributed by atoms with van der Waals surface area (Å²) < 4.78 is 14.3. The summed E-state index contributed by atoms with van der Waals surface area (Å²) in [4.78, 5) is 12.7. The van der Waals surface area contributed by atoms with Crippen LogP contribution in [0.25, 0.3) is 11.0 Å². The second kappa shape index (κ2) is 5.96. The third-order valence-corrected chi connectivity index (χ3v) is 4.08. The van der Waals surface area contributed by atoms with E-state index in [0.29, 0.717) is 17.0 Å². The number of carbonyl (C=O) groups is 1. The summed E-state index contributed by atoms with van der Waals surface area (Å²) in [5.74, 6) is 0.419. The lowest BCUT2D eigenvalue weighted by Gasteiger charge is -2.25. The molecule has 23 heavy (non-hydrogen) atoms. The van der Waals surface area contributed by atoms with Crippen LogP contribution < -0.4 is 10.1 Å². The van der Waals surface area contributed by atoms with E-state index in [1.807, 2.05) is 49.4 Å². The van der Waals surface area contributed by atoms with Gasteiger partial charge in [0.05, 0.1) is 17.4 Å². The molecule has 0 aliphatic heterocycles. The van der Waals surface area contributed by atoms with E-state index < -0.39 is 5.60 Å². The number of aryl methyl sites for hydroxylation is 1. The lowest BCUT2D eigenvalue weighted by atomic mass is 10.1. The van der Waals surface area contributed by atoms with Gasteiger partial charge in [0.15, 0.2) is 5.60 Å². The van der Waals surface area contributed by atoms with Crippen molar-refractivity contribution < 1.29 is 9.53 Å². The number of nitrogens with zero attached hydrogens (tertiary/aromatic N) is 2. The highest BCUT2D eigenvalue weighted by molar-refractivity contribution is 7.00. The molecule has 3 aromatic rings. The van der Waals surface area contributed by atoms with Crippen LogP contribution in [0.15, 0.2) is 42.5 Å². The molecule has 118 valence electrons. The highest BCUT2D eigenvalue weighted by atomic mass is 32.1. The predicted octanol–water partition coefficient (Wildman–Crippen LogP) is 3.80. The molecule has 5 nitrogen and oxygen atoms in total. The van der Waals surface area contributed by atoms with Crippen LogP contribution in [-0.4, -0.2) is 20.3 Å². The van der Waals surface area contributed by atoms with E-state index in [1.165, 1.54) is 0 Å². The molecule has 0 aliphatic carbocycles. The number of aromatic nitrogens is 2. The fourth-order valence-electron chi connectivity index (χ4n) is 2.20. The molecule has 0 atom stereocenters. The van der Waals surface area contributed by atoms with E-state index >= 15 is 0 Å². The first-order valence-electron chi connectivity index (χ1n) is 7.25. The molecule has 1 heterocycles. The molecular weight excluding hydrogens is 310 g/mol. The van der Waals surface area contributed by atoms with Gasteiger partial charge in [-0.2, -0.15) is 8.75 Å². The van der Waals surface area contributed by atoms with Crippen molar-refractivity contribution in [3.63, 3.8) is 0 Å². The lowest BCUT2D eigenvalue weighted by Crippen LogP contribution is -2.42. The van der Waals surface area contributed by atoms with Gasteiger partial charge in [-0.25, -0.2) is 0 Å². The molecule has 1 aromatic heterocycles. The van der Waals surface area contributed by atoms with E-state index in [2.05, 4.69) is 14.1 Å². The van der Waals surface area contributed by atoms with E-state index in [-0.39, 0.29) is 5.91 Å². The minimum absolute atomic E-state index is 0.232. The van der Waals surface area contributed by atoms with Crippen molar-refractivity contribution in [2.24, 2.45) is 0 Å². The molecule has 3 rings (SSSR count). The first-order chi connectivity index (χ1) is 11.0. The SMILES string of the molecule is Cc1ccc2nsnc2c1NC(=O)C(C)(C)Oc1ccccc1. The van der Waals surface area contributed by atoms with Crippen molar-refractivity contribution in [3.8, 4) is 5.75 Å². The Kier molecular flexibility index (Phi) is 4.00. The van der Waals surface area contributed by atoms with Gasteiger partial charge < -0.3 is 10.1 Å². The van der Waals surface area contributed by atoms with Crippen LogP contribution in [0.2, 0.25) is 0 Å². The number of para-hydroxylation sites is 1. The normalized spacial score (nSPS) is 11.4. The Morgan fingerprint density at radius 1 is 1.13 bits per heavy atom. The van der Waals surface area contributed by atoms with Gasteiger partial charge in [0.1, 0.15) is 16.8 Å². The molecule has 0 saturated carbocycles. The summed E-state index contributed by atoms with van der Waals surface area (Å²) in [5.41, 5.74) is 2.09. The van der Waals surface area contributed by atoms with Crippen LogP contribution in [0.5, 0.6) is 5.75 Å². The third kappa shape index (κ3) is 3.17. The quantitative estimate of drug-likeness (QED) is 0.792. The largest absolute Gasteiger partial charge is 0.478 e. The summed E-state index contributed by atoms with van der Waals surface area (Å²) >= 11 is 1.13. The van der Waals surface area contributed by atoms with Gasteiger partial charge in [-0.1, -0.05) is 24.3 Å². The number of carbonyl (C=O) groups excluding carboxylic acids is 1. The summed E-state index contributed by atoms with van der Waals surface area (Å²) in [5, 5.41) is 2.94. The van der Waals surface area contributed by atoms with E-state index in [0.717, 1.165) is 22.8 Å². The standard InChI is InChI=1S/C17H17N3O2S/c1-11-9-10-13-15(20-23-19-13)14(11)18-16(21)17(2,3)22-12-7-5-4-6-8-12/h4-10H,1-3H3,(H,18,21). The summed E-state index contributed by atoms with van der Waals surface area (Å²) in [6.45, 7) is 5.41. The van der Waals surface area contributed by atoms with Crippen LogP contribution in [-0.2, 0) is 4.79 Å². The number of rotatable bonds is 4. The first kappa shape index (κ1) is 15.4. The van der Waals surface area contributed by atoms with Crippen LogP contribution in [0.4, 0.5) is 5.69 Å². The number of fused-ring (bicyclic) bond motifs is 1. The van der Waals surface area contributed by atoms with Gasteiger partial charge >= 0.3 is 0 Å².